The van der Waals surface area contributed by atoms with E-state index in [1.165, 1.54) is 0 Å². The Morgan fingerprint density at radius 3 is 2.40 bits per heavy atom. The van der Waals surface area contributed by atoms with Gasteiger partial charge in [0.2, 0.25) is 0 Å². The third kappa shape index (κ3) is 5.05. The zero-order valence-electron chi connectivity index (χ0n) is 19.4. The fraction of sp³-hybridized carbons (Fsp3) is 0.133. The number of carbonyl (C=O) groups is 1. The van der Waals surface area contributed by atoms with E-state index in [1.54, 1.807) is 4.90 Å². The van der Waals surface area contributed by atoms with Crippen LogP contribution in [0.25, 0.3) is 16.8 Å². The molecule has 0 aromatic heterocycles. The minimum Gasteiger partial charge on any atom is -0.494 e. The highest BCUT2D eigenvalue weighted by Gasteiger charge is 2.32. The van der Waals surface area contributed by atoms with Crippen molar-refractivity contribution in [1.29, 1.82) is 0 Å². The van der Waals surface area contributed by atoms with Crippen molar-refractivity contribution >= 4 is 50.2 Å². The highest BCUT2D eigenvalue weighted by molar-refractivity contribution is 9.10. The molecule has 35 heavy (non-hydrogen) atoms. The number of amidine groups is 1. The second kappa shape index (κ2) is 10.3. The minimum atomic E-state index is -0.151. The summed E-state index contributed by atoms with van der Waals surface area (Å²) in [6, 6.07) is 29.8. The standard InChI is InChI=1S/C30H25BrN2O2/c1-2-3-18-35-27-16-11-23(12-17-27)29-32-28(19-21-8-13-25(31)14-9-21)30(34)33(29)26-15-10-22-6-4-5-7-24(22)20-26/h4-17,19-20H,2-3,18H2,1H3/b28-19-. The lowest BCUT2D eigenvalue weighted by Crippen LogP contribution is -2.32. The van der Waals surface area contributed by atoms with Crippen molar-refractivity contribution in [2.24, 2.45) is 4.99 Å². The molecule has 5 heteroatoms. The number of rotatable bonds is 7. The highest BCUT2D eigenvalue weighted by Crippen LogP contribution is 2.31. The zero-order chi connectivity index (χ0) is 24.2. The number of aliphatic imine (C=N–C) groups is 1. The highest BCUT2D eigenvalue weighted by atomic mass is 79.9. The molecular weight excluding hydrogens is 500 g/mol. The van der Waals surface area contributed by atoms with Gasteiger partial charge in [-0.2, -0.15) is 0 Å². The van der Waals surface area contributed by atoms with Gasteiger partial charge in [0.05, 0.1) is 12.3 Å². The van der Waals surface area contributed by atoms with Crippen molar-refractivity contribution in [1.82, 2.24) is 0 Å². The van der Waals surface area contributed by atoms with Crippen LogP contribution in [-0.4, -0.2) is 18.3 Å². The number of anilines is 1. The molecule has 0 radical (unpaired) electrons. The zero-order valence-corrected chi connectivity index (χ0v) is 21.0. The number of ether oxygens (including phenoxy) is 1. The molecule has 5 rings (SSSR count). The number of unbranched alkanes of at least 4 members (excludes halogenated alkanes) is 1. The summed E-state index contributed by atoms with van der Waals surface area (Å²) in [5.74, 6) is 1.27. The maximum absolute atomic E-state index is 13.6. The molecular formula is C30H25BrN2O2. The Balaban J connectivity index is 1.54. The molecule has 4 aromatic rings. The van der Waals surface area contributed by atoms with Gasteiger partial charge >= 0.3 is 0 Å². The normalized spacial score (nSPS) is 14.6. The van der Waals surface area contributed by atoms with Crippen LogP contribution in [0.3, 0.4) is 0 Å². The Bertz CT molecular complexity index is 1420. The number of benzene rings is 4. The van der Waals surface area contributed by atoms with Crippen LogP contribution in [0, 0.1) is 0 Å². The number of hydrogen-bond acceptors (Lipinski definition) is 3. The van der Waals surface area contributed by atoms with Crippen molar-refractivity contribution in [2.75, 3.05) is 11.5 Å². The van der Waals surface area contributed by atoms with Gasteiger partial charge in [-0.3, -0.25) is 9.69 Å². The molecule has 0 saturated carbocycles. The quantitative estimate of drug-likeness (QED) is 0.184. The largest absolute Gasteiger partial charge is 0.494 e. The van der Waals surface area contributed by atoms with E-state index in [2.05, 4.69) is 35.0 Å². The lowest BCUT2D eigenvalue weighted by molar-refractivity contribution is -0.113. The third-order valence-electron chi connectivity index (χ3n) is 5.90. The summed E-state index contributed by atoms with van der Waals surface area (Å²) in [5, 5.41) is 2.20. The van der Waals surface area contributed by atoms with E-state index in [0.717, 1.165) is 50.7 Å². The molecule has 0 aliphatic carbocycles. The topological polar surface area (TPSA) is 41.9 Å². The van der Waals surface area contributed by atoms with Crippen molar-refractivity contribution in [3.05, 3.63) is 112 Å². The predicted octanol–water partition coefficient (Wildman–Crippen LogP) is 7.62. The van der Waals surface area contributed by atoms with E-state index in [1.807, 2.05) is 84.9 Å². The van der Waals surface area contributed by atoms with Crippen LogP contribution in [0.5, 0.6) is 5.75 Å². The summed E-state index contributed by atoms with van der Waals surface area (Å²) in [6.07, 6.45) is 3.94. The molecule has 0 bridgehead atoms. The predicted molar refractivity (Wildman–Crippen MR) is 147 cm³/mol. The number of hydrogen-bond donors (Lipinski definition) is 0. The van der Waals surface area contributed by atoms with Gasteiger partial charge in [0.1, 0.15) is 17.3 Å². The van der Waals surface area contributed by atoms with Crippen molar-refractivity contribution < 1.29 is 9.53 Å². The summed E-state index contributed by atoms with van der Waals surface area (Å²) in [5.41, 5.74) is 2.96. The summed E-state index contributed by atoms with van der Waals surface area (Å²) < 4.78 is 6.81. The number of carbonyl (C=O) groups excluding carboxylic acids is 1. The number of amides is 1. The molecule has 174 valence electrons. The van der Waals surface area contributed by atoms with Crippen LogP contribution in [0.1, 0.15) is 30.9 Å². The third-order valence-corrected chi connectivity index (χ3v) is 6.43. The van der Waals surface area contributed by atoms with E-state index < -0.39 is 0 Å². The van der Waals surface area contributed by atoms with Gasteiger partial charge in [-0.15, -0.1) is 0 Å². The minimum absolute atomic E-state index is 0.151. The van der Waals surface area contributed by atoms with E-state index in [9.17, 15) is 4.79 Å². The summed E-state index contributed by atoms with van der Waals surface area (Å²) in [4.78, 5) is 20.1. The maximum atomic E-state index is 13.6. The molecule has 1 aliphatic heterocycles. The molecule has 0 N–H and O–H groups in total. The van der Waals surface area contributed by atoms with Crippen molar-refractivity contribution in [3.63, 3.8) is 0 Å². The van der Waals surface area contributed by atoms with Crippen molar-refractivity contribution in [3.8, 4) is 5.75 Å². The SMILES string of the molecule is CCCCOc1ccc(C2=N/C(=C\c3ccc(Br)cc3)C(=O)N2c2ccc3ccccc3c2)cc1. The van der Waals surface area contributed by atoms with E-state index in [0.29, 0.717) is 18.1 Å². The van der Waals surface area contributed by atoms with Gasteiger partial charge in [-0.25, -0.2) is 4.99 Å². The van der Waals surface area contributed by atoms with Gasteiger partial charge in [0, 0.05) is 10.0 Å². The number of halogens is 1. The molecule has 1 amide bonds. The molecule has 4 aromatic carbocycles. The summed E-state index contributed by atoms with van der Waals surface area (Å²) in [6.45, 7) is 2.83. The van der Waals surface area contributed by atoms with Crippen LogP contribution in [0.15, 0.2) is 106 Å². The van der Waals surface area contributed by atoms with Gasteiger partial charge in [0.15, 0.2) is 0 Å². The van der Waals surface area contributed by atoms with E-state index in [4.69, 9.17) is 9.73 Å². The first-order valence-electron chi connectivity index (χ1n) is 11.7. The summed E-state index contributed by atoms with van der Waals surface area (Å²) >= 11 is 3.46. The molecule has 0 atom stereocenters. The Morgan fingerprint density at radius 1 is 0.914 bits per heavy atom. The number of fused-ring (bicyclic) bond motifs is 1. The van der Waals surface area contributed by atoms with Crippen molar-refractivity contribution in [2.45, 2.75) is 19.8 Å². The van der Waals surface area contributed by atoms with Gasteiger partial charge in [0.25, 0.3) is 5.91 Å². The first-order valence-corrected chi connectivity index (χ1v) is 12.5. The van der Waals surface area contributed by atoms with Gasteiger partial charge < -0.3 is 4.74 Å². The fourth-order valence-corrected chi connectivity index (χ4v) is 4.28. The first-order chi connectivity index (χ1) is 17.1. The Labute approximate surface area is 213 Å². The molecule has 4 nitrogen and oxygen atoms in total. The molecule has 0 fully saturated rings. The average molecular weight is 525 g/mol. The Hall–Kier alpha value is -3.70. The second-order valence-electron chi connectivity index (χ2n) is 8.41. The second-order valence-corrected chi connectivity index (χ2v) is 9.33. The van der Waals surface area contributed by atoms with Crippen LogP contribution in [0.4, 0.5) is 5.69 Å². The maximum Gasteiger partial charge on any atom is 0.282 e. The Kier molecular flexibility index (Phi) is 6.77. The summed E-state index contributed by atoms with van der Waals surface area (Å²) in [7, 11) is 0. The smallest absolute Gasteiger partial charge is 0.282 e. The van der Waals surface area contributed by atoms with Gasteiger partial charge in [-0.05, 0) is 77.4 Å². The molecule has 0 spiro atoms. The molecule has 0 unspecified atom stereocenters. The molecule has 1 aliphatic rings. The monoisotopic (exact) mass is 524 g/mol. The van der Waals surface area contributed by atoms with Gasteiger partial charge in [-0.1, -0.05) is 71.7 Å². The fourth-order valence-electron chi connectivity index (χ4n) is 4.02. The van der Waals surface area contributed by atoms with E-state index >= 15 is 0 Å². The lowest BCUT2D eigenvalue weighted by Gasteiger charge is -2.19. The van der Waals surface area contributed by atoms with Crippen LogP contribution in [0.2, 0.25) is 0 Å². The van der Waals surface area contributed by atoms with Crippen LogP contribution >= 0.6 is 15.9 Å². The average Bonchev–Trinajstić information content (AvgIpc) is 3.21. The Morgan fingerprint density at radius 2 is 1.66 bits per heavy atom. The van der Waals surface area contributed by atoms with Crippen LogP contribution < -0.4 is 9.64 Å². The number of nitrogens with zero attached hydrogens (tertiary/aromatic N) is 2. The van der Waals surface area contributed by atoms with E-state index in [-0.39, 0.29) is 5.91 Å². The first kappa shape index (κ1) is 23.1. The van der Waals surface area contributed by atoms with Crippen LogP contribution in [-0.2, 0) is 4.79 Å². The molecule has 1 heterocycles. The molecule has 0 saturated heterocycles. The lowest BCUT2D eigenvalue weighted by atomic mass is 10.1.